The molecule has 7 nitrogen and oxygen atoms in total. The van der Waals surface area contributed by atoms with Gasteiger partial charge < -0.3 is 25.4 Å². The summed E-state index contributed by atoms with van der Waals surface area (Å²) in [5.41, 5.74) is -0.0682. The fourth-order valence-corrected chi connectivity index (χ4v) is 7.58. The summed E-state index contributed by atoms with van der Waals surface area (Å²) in [6, 6.07) is 3.57. The van der Waals surface area contributed by atoms with Gasteiger partial charge in [-0.05, 0) is 95.2 Å². The monoisotopic (exact) mass is 496 g/mol. The minimum Gasteiger partial charge on any atom is -0.508 e. The van der Waals surface area contributed by atoms with Gasteiger partial charge in [-0.3, -0.25) is 9.69 Å². The average molecular weight is 497 g/mol. The van der Waals surface area contributed by atoms with Crippen LogP contribution in [0, 0.1) is 11.8 Å². The summed E-state index contributed by atoms with van der Waals surface area (Å²) in [6.07, 6.45) is 6.88. The summed E-state index contributed by atoms with van der Waals surface area (Å²) in [4.78, 5) is 15.6. The zero-order valence-electron chi connectivity index (χ0n) is 21.7. The van der Waals surface area contributed by atoms with Gasteiger partial charge in [0.15, 0.2) is 17.6 Å². The fraction of sp³-hybridized carbons (Fsp3) is 0.690. The third-order valence-corrected chi connectivity index (χ3v) is 10.1. The average Bonchev–Trinajstić information content (AvgIpc) is 3.58. The van der Waals surface area contributed by atoms with Gasteiger partial charge in [-0.25, -0.2) is 0 Å². The lowest BCUT2D eigenvalue weighted by Gasteiger charge is -2.59. The molecule has 7 heteroatoms. The van der Waals surface area contributed by atoms with Crippen LogP contribution in [-0.4, -0.2) is 63.0 Å². The zero-order valence-corrected chi connectivity index (χ0v) is 21.7. The van der Waals surface area contributed by atoms with Gasteiger partial charge in [-0.2, -0.15) is 0 Å². The molecule has 4 atom stereocenters. The molecule has 196 valence electrons. The van der Waals surface area contributed by atoms with Crippen LogP contribution in [0.2, 0.25) is 0 Å². The molecular formula is C29H40N2O5. The zero-order chi connectivity index (χ0) is 25.4. The van der Waals surface area contributed by atoms with E-state index in [4.69, 9.17) is 4.74 Å². The largest absolute Gasteiger partial charge is 0.508 e. The van der Waals surface area contributed by atoms with Crippen LogP contribution in [0.4, 0.5) is 0 Å². The molecule has 5 aliphatic rings. The van der Waals surface area contributed by atoms with Crippen molar-refractivity contribution < 1.29 is 24.9 Å². The number of amides is 1. The Kier molecular flexibility index (Phi) is 5.61. The van der Waals surface area contributed by atoms with Crippen LogP contribution >= 0.6 is 0 Å². The molecule has 0 radical (unpaired) electrons. The second-order valence-corrected chi connectivity index (χ2v) is 12.4. The Bertz CT molecular complexity index is 1100. The third kappa shape index (κ3) is 3.49. The molecule has 3 aliphatic carbocycles. The van der Waals surface area contributed by atoms with Gasteiger partial charge in [0.25, 0.3) is 5.91 Å². The molecule has 2 saturated carbocycles. The summed E-state index contributed by atoms with van der Waals surface area (Å²) in [7, 11) is 0. The third-order valence-electron chi connectivity index (χ3n) is 10.1. The molecule has 1 saturated heterocycles. The number of carbonyl (C=O) groups is 1. The molecule has 3 fully saturated rings. The summed E-state index contributed by atoms with van der Waals surface area (Å²) in [5.74, 6) is 1.30. The number of rotatable bonds is 5. The number of nitrogens with one attached hydrogen (secondary N) is 1. The number of phenols is 1. The minimum atomic E-state index is -1.21. The summed E-state index contributed by atoms with van der Waals surface area (Å²) in [6.45, 7) is 7.50. The maximum absolute atomic E-state index is 13.2. The van der Waals surface area contributed by atoms with E-state index in [1.54, 1.807) is 13.0 Å². The molecule has 2 aliphatic heterocycles. The van der Waals surface area contributed by atoms with Crippen LogP contribution in [0.25, 0.3) is 0 Å². The first-order valence-corrected chi connectivity index (χ1v) is 13.8. The first-order chi connectivity index (χ1) is 17.1. The summed E-state index contributed by atoms with van der Waals surface area (Å²) >= 11 is 0. The van der Waals surface area contributed by atoms with Crippen molar-refractivity contribution in [2.75, 3.05) is 13.1 Å². The lowest BCUT2D eigenvalue weighted by molar-refractivity contribution is -0.153. The number of aliphatic hydroxyl groups is 2. The smallest absolute Gasteiger partial charge is 0.250 e. The van der Waals surface area contributed by atoms with Gasteiger partial charge in [0, 0.05) is 24.2 Å². The van der Waals surface area contributed by atoms with E-state index in [2.05, 4.69) is 17.1 Å². The van der Waals surface area contributed by atoms with Crippen LogP contribution in [-0.2, 0) is 16.6 Å². The van der Waals surface area contributed by atoms with Crippen molar-refractivity contribution in [1.82, 2.24) is 10.2 Å². The number of benzene rings is 1. The number of piperidine rings is 1. The van der Waals surface area contributed by atoms with Crippen molar-refractivity contribution >= 4 is 5.91 Å². The Balaban J connectivity index is 1.37. The molecular weight excluding hydrogens is 456 g/mol. The lowest BCUT2D eigenvalue weighted by Crippen LogP contribution is -2.73. The SMILES string of the molecule is C/C(C(=O)NC1CCC(C)CC1)=C(/O)[C@@H]1Oc2c(O)ccc3c2[C@@]12CCN(CC1CC1)[C@H](C3)[C@@]2(C)O. The highest BCUT2D eigenvalue weighted by Gasteiger charge is 2.69. The molecule has 1 aromatic carbocycles. The highest BCUT2D eigenvalue weighted by molar-refractivity contribution is 5.93. The van der Waals surface area contributed by atoms with E-state index in [0.717, 1.165) is 49.9 Å². The number of aromatic hydroxyl groups is 1. The highest BCUT2D eigenvalue weighted by Crippen LogP contribution is 2.63. The number of hydrogen-bond acceptors (Lipinski definition) is 6. The van der Waals surface area contributed by atoms with E-state index < -0.39 is 17.1 Å². The van der Waals surface area contributed by atoms with Crippen LogP contribution in [0.15, 0.2) is 23.5 Å². The first-order valence-electron chi connectivity index (χ1n) is 13.8. The molecule has 1 spiro atoms. The van der Waals surface area contributed by atoms with Crippen molar-refractivity contribution in [3.8, 4) is 11.5 Å². The number of fused-ring (bicyclic) bond motifs is 1. The Morgan fingerprint density at radius 2 is 1.92 bits per heavy atom. The Morgan fingerprint density at radius 3 is 2.61 bits per heavy atom. The predicted molar refractivity (Wildman–Crippen MR) is 136 cm³/mol. The van der Waals surface area contributed by atoms with Crippen molar-refractivity contribution in [3.63, 3.8) is 0 Å². The molecule has 1 amide bonds. The van der Waals surface area contributed by atoms with Crippen molar-refractivity contribution in [2.45, 2.75) is 101 Å². The van der Waals surface area contributed by atoms with Gasteiger partial charge in [-0.1, -0.05) is 13.0 Å². The Morgan fingerprint density at radius 1 is 1.19 bits per heavy atom. The van der Waals surface area contributed by atoms with Gasteiger partial charge in [-0.15, -0.1) is 0 Å². The van der Waals surface area contributed by atoms with Gasteiger partial charge in [0.2, 0.25) is 0 Å². The van der Waals surface area contributed by atoms with Crippen molar-refractivity contribution in [1.29, 1.82) is 0 Å². The van der Waals surface area contributed by atoms with E-state index in [9.17, 15) is 20.1 Å². The van der Waals surface area contributed by atoms with Crippen LogP contribution in [0.5, 0.6) is 11.5 Å². The molecule has 0 aromatic heterocycles. The second kappa shape index (κ2) is 8.38. The number of likely N-dealkylation sites (tertiary alicyclic amines) is 1. The van der Waals surface area contributed by atoms with Crippen LogP contribution in [0.1, 0.15) is 76.8 Å². The number of carbonyl (C=O) groups excluding carboxylic acids is 1. The highest BCUT2D eigenvalue weighted by atomic mass is 16.5. The molecule has 6 rings (SSSR count). The van der Waals surface area contributed by atoms with Crippen molar-refractivity contribution in [2.24, 2.45) is 11.8 Å². The fourth-order valence-electron chi connectivity index (χ4n) is 7.58. The lowest BCUT2D eigenvalue weighted by atomic mass is 9.53. The van der Waals surface area contributed by atoms with Crippen molar-refractivity contribution in [3.05, 3.63) is 34.6 Å². The number of nitrogens with zero attached hydrogens (tertiary/aromatic N) is 1. The maximum Gasteiger partial charge on any atom is 0.250 e. The molecule has 0 unspecified atom stereocenters. The van der Waals surface area contributed by atoms with E-state index >= 15 is 0 Å². The standard InChI is InChI=1S/C29H40N2O5/c1-16-4-9-20(10-5-16)30-27(34)17(2)24(33)26-29-12-13-31(15-18-6-7-18)22(28(29,3)35)14-19-8-11-21(32)25(36-26)23(19)29/h8,11,16,18,20,22,26,32-33,35H,4-7,9-10,12-15H2,1-3H3,(H,30,34)/b24-17-/t16?,20?,22-,26+,28-,29+/m1/s1. The first kappa shape index (κ1) is 24.1. The number of aliphatic hydroxyl groups excluding tert-OH is 1. The number of ether oxygens (including phenoxy) is 1. The normalized spacial score (nSPS) is 38.1. The van der Waals surface area contributed by atoms with Crippen LogP contribution < -0.4 is 10.1 Å². The van der Waals surface area contributed by atoms with E-state index in [-0.39, 0.29) is 35.1 Å². The second-order valence-electron chi connectivity index (χ2n) is 12.4. The van der Waals surface area contributed by atoms with Gasteiger partial charge in [0.1, 0.15) is 5.76 Å². The molecule has 2 bridgehead atoms. The van der Waals surface area contributed by atoms with E-state index in [0.29, 0.717) is 30.4 Å². The summed E-state index contributed by atoms with van der Waals surface area (Å²) in [5, 5.41) is 37.7. The molecule has 2 heterocycles. The summed E-state index contributed by atoms with van der Waals surface area (Å²) < 4.78 is 6.32. The molecule has 36 heavy (non-hydrogen) atoms. The maximum atomic E-state index is 13.2. The van der Waals surface area contributed by atoms with E-state index in [1.807, 2.05) is 13.0 Å². The Labute approximate surface area is 213 Å². The van der Waals surface area contributed by atoms with Gasteiger partial charge >= 0.3 is 0 Å². The number of hydrogen-bond donors (Lipinski definition) is 4. The predicted octanol–water partition coefficient (Wildman–Crippen LogP) is 3.71. The van der Waals surface area contributed by atoms with Crippen LogP contribution in [0.3, 0.4) is 0 Å². The topological polar surface area (TPSA) is 102 Å². The molecule has 1 aromatic rings. The number of phenolic OH excluding ortho intramolecular Hbond substituents is 1. The molecule has 4 N–H and O–H groups in total. The quantitative estimate of drug-likeness (QED) is 0.366. The minimum absolute atomic E-state index is 0.0107. The van der Waals surface area contributed by atoms with E-state index in [1.165, 1.54) is 12.8 Å². The van der Waals surface area contributed by atoms with Gasteiger partial charge in [0.05, 0.1) is 16.6 Å². The Hall–Kier alpha value is -2.25.